The topological polar surface area (TPSA) is 72.9 Å². The van der Waals surface area contributed by atoms with Crippen molar-refractivity contribution in [2.75, 3.05) is 20.8 Å². The summed E-state index contributed by atoms with van der Waals surface area (Å²) in [5, 5.41) is -0.526. The number of benzene rings is 3. The van der Waals surface area contributed by atoms with Crippen LogP contribution in [0.2, 0.25) is 0 Å². The zero-order chi connectivity index (χ0) is 24.5. The molecule has 0 radical (unpaired) electrons. The first-order valence-corrected chi connectivity index (χ1v) is 12.8. The zero-order valence-corrected chi connectivity index (χ0v) is 20.6. The van der Waals surface area contributed by atoms with Crippen molar-refractivity contribution in [3.8, 4) is 11.5 Å². The van der Waals surface area contributed by atoms with E-state index in [1.165, 1.54) is 12.1 Å². The fraction of sp³-hybridized carbons (Fsp3) is 0.296. The molecule has 0 aromatic heterocycles. The van der Waals surface area contributed by atoms with Gasteiger partial charge in [0.1, 0.15) is 0 Å². The van der Waals surface area contributed by atoms with Gasteiger partial charge >= 0.3 is 0 Å². The van der Waals surface area contributed by atoms with Crippen molar-refractivity contribution in [3.63, 3.8) is 0 Å². The lowest BCUT2D eigenvalue weighted by molar-refractivity contribution is 0.0694. The lowest BCUT2D eigenvalue weighted by Crippen LogP contribution is -2.40. The van der Waals surface area contributed by atoms with Crippen LogP contribution in [0.15, 0.2) is 71.6 Å². The monoisotopic (exact) mass is 479 g/mol. The normalized spacial score (nSPS) is 15.7. The first-order chi connectivity index (χ1) is 16.3. The van der Waals surface area contributed by atoms with Gasteiger partial charge in [-0.25, -0.2) is 8.42 Å². The summed E-state index contributed by atoms with van der Waals surface area (Å²) in [6, 6.07) is 19.7. The van der Waals surface area contributed by atoms with Crippen molar-refractivity contribution in [3.05, 3.63) is 89.0 Å². The maximum absolute atomic E-state index is 13.7. The Labute approximate surface area is 201 Å². The second kappa shape index (κ2) is 9.50. The molecule has 0 bridgehead atoms. The third kappa shape index (κ3) is 4.28. The minimum atomic E-state index is -3.40. The molecule has 0 saturated carbocycles. The van der Waals surface area contributed by atoms with E-state index < -0.39 is 15.1 Å². The van der Waals surface area contributed by atoms with Crippen molar-refractivity contribution in [2.24, 2.45) is 0 Å². The van der Waals surface area contributed by atoms with Gasteiger partial charge in [0.05, 0.1) is 30.4 Å². The van der Waals surface area contributed by atoms with E-state index >= 15 is 0 Å². The van der Waals surface area contributed by atoms with Crippen LogP contribution < -0.4 is 9.47 Å². The molecule has 0 aliphatic carbocycles. The van der Waals surface area contributed by atoms with Crippen molar-refractivity contribution in [1.29, 1.82) is 0 Å². The zero-order valence-electron chi connectivity index (χ0n) is 19.8. The highest BCUT2D eigenvalue weighted by Gasteiger charge is 2.34. The molecule has 0 spiro atoms. The molecule has 178 valence electrons. The summed E-state index contributed by atoms with van der Waals surface area (Å²) in [7, 11) is -0.194. The van der Waals surface area contributed by atoms with Crippen molar-refractivity contribution >= 4 is 15.7 Å². The lowest BCUT2D eigenvalue weighted by atomic mass is 9.87. The number of amides is 1. The molecule has 1 atom stereocenters. The van der Waals surface area contributed by atoms with Crippen molar-refractivity contribution < 1.29 is 22.7 Å². The number of fused-ring (bicyclic) bond motifs is 1. The molecule has 7 heteroatoms. The van der Waals surface area contributed by atoms with Gasteiger partial charge in [-0.05, 0) is 73.4 Å². The molecule has 3 aromatic rings. The minimum absolute atomic E-state index is 0.150. The SMILES string of the molecule is COc1cc2c(cc1OC)C(c1ccccc1)N(C(=O)c1ccc(S(=O)(=O)C(C)C)cc1)CC2. The highest BCUT2D eigenvalue weighted by atomic mass is 32.2. The van der Waals surface area contributed by atoms with Crippen LogP contribution >= 0.6 is 0 Å². The number of carbonyl (C=O) groups excluding carboxylic acids is 1. The predicted octanol–water partition coefficient (Wildman–Crippen LogP) is 4.67. The molecule has 6 nitrogen and oxygen atoms in total. The van der Waals surface area contributed by atoms with Crippen LogP contribution in [0.3, 0.4) is 0 Å². The molecule has 1 unspecified atom stereocenters. The number of rotatable bonds is 6. The van der Waals surface area contributed by atoms with Gasteiger partial charge in [0.2, 0.25) is 0 Å². The van der Waals surface area contributed by atoms with Crippen LogP contribution in [0.1, 0.15) is 46.9 Å². The van der Waals surface area contributed by atoms with E-state index in [0.717, 1.165) is 16.7 Å². The summed E-state index contributed by atoms with van der Waals surface area (Å²) < 4.78 is 36.0. The second-order valence-corrected chi connectivity index (χ2v) is 11.1. The Morgan fingerprint density at radius 2 is 1.56 bits per heavy atom. The van der Waals surface area contributed by atoms with Crippen molar-refractivity contribution in [1.82, 2.24) is 4.90 Å². The quantitative estimate of drug-likeness (QED) is 0.514. The Bertz CT molecular complexity index is 1280. The van der Waals surface area contributed by atoms with Crippen LogP contribution in [0, 0.1) is 0 Å². The van der Waals surface area contributed by atoms with E-state index in [1.54, 1.807) is 40.2 Å². The number of hydrogen-bond acceptors (Lipinski definition) is 5. The minimum Gasteiger partial charge on any atom is -0.493 e. The van der Waals surface area contributed by atoms with Crippen LogP contribution in [-0.2, 0) is 16.3 Å². The Kier molecular flexibility index (Phi) is 6.66. The van der Waals surface area contributed by atoms with E-state index in [1.807, 2.05) is 47.4 Å². The number of ether oxygens (including phenoxy) is 2. The number of carbonyl (C=O) groups is 1. The van der Waals surface area contributed by atoms with Crippen LogP contribution in [0.25, 0.3) is 0 Å². The van der Waals surface area contributed by atoms with E-state index in [0.29, 0.717) is 30.0 Å². The number of hydrogen-bond donors (Lipinski definition) is 0. The third-order valence-electron chi connectivity index (χ3n) is 6.30. The molecule has 34 heavy (non-hydrogen) atoms. The smallest absolute Gasteiger partial charge is 0.254 e. The predicted molar refractivity (Wildman–Crippen MR) is 131 cm³/mol. The Morgan fingerprint density at radius 1 is 0.941 bits per heavy atom. The number of methoxy groups -OCH3 is 2. The number of nitrogens with zero attached hydrogens (tertiary/aromatic N) is 1. The molecule has 1 amide bonds. The molecule has 0 fully saturated rings. The third-order valence-corrected chi connectivity index (χ3v) is 8.47. The first kappa shape index (κ1) is 23.8. The Balaban J connectivity index is 1.76. The number of sulfone groups is 1. The van der Waals surface area contributed by atoms with Gasteiger partial charge in [-0.3, -0.25) is 4.79 Å². The van der Waals surface area contributed by atoms with Gasteiger partial charge in [-0.2, -0.15) is 0 Å². The Hall–Kier alpha value is -3.32. The standard InChI is InChI=1S/C27H29NO5S/c1-18(2)34(30,31)22-12-10-20(11-13-22)27(29)28-15-14-21-16-24(32-3)25(33-4)17-23(21)26(28)19-8-6-5-7-9-19/h5-13,16-18,26H,14-15H2,1-4H3. The van der Waals surface area contributed by atoms with E-state index in [-0.39, 0.29) is 16.8 Å². The molecule has 4 rings (SSSR count). The van der Waals surface area contributed by atoms with Gasteiger partial charge in [0, 0.05) is 12.1 Å². The average molecular weight is 480 g/mol. The Morgan fingerprint density at radius 3 is 2.15 bits per heavy atom. The van der Waals surface area contributed by atoms with Crippen LogP contribution in [0.4, 0.5) is 0 Å². The maximum atomic E-state index is 13.7. The molecule has 1 heterocycles. The maximum Gasteiger partial charge on any atom is 0.254 e. The highest BCUT2D eigenvalue weighted by Crippen LogP contribution is 2.41. The summed E-state index contributed by atoms with van der Waals surface area (Å²) >= 11 is 0. The summed E-state index contributed by atoms with van der Waals surface area (Å²) in [5.41, 5.74) is 3.53. The average Bonchev–Trinajstić information content (AvgIpc) is 2.87. The molecule has 0 saturated heterocycles. The summed E-state index contributed by atoms with van der Waals surface area (Å²) in [5.74, 6) is 1.12. The van der Waals surface area contributed by atoms with Crippen LogP contribution in [0.5, 0.6) is 11.5 Å². The second-order valence-electron chi connectivity index (χ2n) is 8.59. The molecular formula is C27H29NO5S. The van der Waals surface area contributed by atoms with E-state index in [9.17, 15) is 13.2 Å². The summed E-state index contributed by atoms with van der Waals surface area (Å²) in [6.07, 6.45) is 0.671. The van der Waals surface area contributed by atoms with Crippen LogP contribution in [-0.4, -0.2) is 45.2 Å². The van der Waals surface area contributed by atoms with Gasteiger partial charge < -0.3 is 14.4 Å². The van der Waals surface area contributed by atoms with Crippen molar-refractivity contribution in [2.45, 2.75) is 36.5 Å². The van der Waals surface area contributed by atoms with Gasteiger partial charge in [-0.1, -0.05) is 30.3 Å². The largest absolute Gasteiger partial charge is 0.493 e. The lowest BCUT2D eigenvalue weighted by Gasteiger charge is -2.38. The van der Waals surface area contributed by atoms with Gasteiger partial charge in [0.25, 0.3) is 5.91 Å². The fourth-order valence-corrected chi connectivity index (χ4v) is 5.44. The fourth-order valence-electron chi connectivity index (χ4n) is 4.38. The highest BCUT2D eigenvalue weighted by molar-refractivity contribution is 7.92. The van der Waals surface area contributed by atoms with Gasteiger partial charge in [0.15, 0.2) is 21.3 Å². The van der Waals surface area contributed by atoms with E-state index in [2.05, 4.69) is 0 Å². The molecule has 0 N–H and O–H groups in total. The van der Waals surface area contributed by atoms with Gasteiger partial charge in [-0.15, -0.1) is 0 Å². The summed E-state index contributed by atoms with van der Waals surface area (Å²) in [4.78, 5) is 15.8. The molecule has 1 aliphatic heterocycles. The molecular weight excluding hydrogens is 450 g/mol. The molecule has 1 aliphatic rings. The summed E-state index contributed by atoms with van der Waals surface area (Å²) in [6.45, 7) is 3.81. The molecule has 3 aromatic carbocycles. The first-order valence-electron chi connectivity index (χ1n) is 11.2. The van der Waals surface area contributed by atoms with E-state index in [4.69, 9.17) is 9.47 Å².